The lowest BCUT2D eigenvalue weighted by molar-refractivity contribution is -0.192. The SMILES string of the molecule is O=C(O)C(F)(F)F.O=C(c1ccccn1)N1CCC2(CC1)CCN(c1ncccn1)C2. The normalized spacial score (nSPS) is 17.8. The van der Waals surface area contributed by atoms with Crippen molar-refractivity contribution in [1.82, 2.24) is 19.9 Å². The van der Waals surface area contributed by atoms with E-state index in [0.29, 0.717) is 11.1 Å². The number of hydrogen-bond acceptors (Lipinski definition) is 6. The number of carbonyl (C=O) groups is 2. The van der Waals surface area contributed by atoms with Crippen molar-refractivity contribution in [3.8, 4) is 0 Å². The summed E-state index contributed by atoms with van der Waals surface area (Å²) in [6.45, 7) is 3.60. The Labute approximate surface area is 176 Å². The van der Waals surface area contributed by atoms with Crippen LogP contribution in [0.2, 0.25) is 0 Å². The van der Waals surface area contributed by atoms with Gasteiger partial charge in [0.15, 0.2) is 0 Å². The van der Waals surface area contributed by atoms with Gasteiger partial charge in [0.1, 0.15) is 5.69 Å². The first-order valence-electron chi connectivity index (χ1n) is 9.73. The number of likely N-dealkylation sites (tertiary alicyclic amines) is 1. The van der Waals surface area contributed by atoms with Crippen molar-refractivity contribution in [3.05, 3.63) is 48.5 Å². The van der Waals surface area contributed by atoms with Crippen molar-refractivity contribution in [3.63, 3.8) is 0 Å². The number of pyridine rings is 1. The molecule has 0 unspecified atom stereocenters. The Balaban J connectivity index is 0.000000339. The third-order valence-electron chi connectivity index (χ3n) is 5.51. The van der Waals surface area contributed by atoms with E-state index in [1.54, 1.807) is 24.7 Å². The van der Waals surface area contributed by atoms with Gasteiger partial charge in [0.25, 0.3) is 5.91 Å². The second kappa shape index (κ2) is 9.27. The number of nitrogens with zero attached hydrogens (tertiary/aromatic N) is 5. The Kier molecular flexibility index (Phi) is 6.71. The average molecular weight is 437 g/mol. The molecule has 4 rings (SSSR count). The summed E-state index contributed by atoms with van der Waals surface area (Å²) < 4.78 is 31.7. The minimum absolute atomic E-state index is 0.0479. The number of piperidine rings is 1. The van der Waals surface area contributed by atoms with Gasteiger partial charge in [0.2, 0.25) is 5.95 Å². The first-order chi connectivity index (χ1) is 14.7. The van der Waals surface area contributed by atoms with Gasteiger partial charge in [-0.15, -0.1) is 0 Å². The maximum Gasteiger partial charge on any atom is 0.490 e. The number of alkyl halides is 3. The smallest absolute Gasteiger partial charge is 0.475 e. The van der Waals surface area contributed by atoms with Crippen molar-refractivity contribution in [2.75, 3.05) is 31.1 Å². The van der Waals surface area contributed by atoms with Crippen LogP contribution < -0.4 is 4.90 Å². The standard InChI is InChI=1S/C18H21N5O.C2HF3O2/c24-16(15-4-1-2-8-19-15)22-11-5-18(6-12-22)7-13-23(14-18)17-20-9-3-10-21-17;3-2(4,5)1(6)7/h1-4,8-10H,5-7,11-14H2;(H,6,7). The molecular formula is C20H22F3N5O3. The molecule has 0 aliphatic carbocycles. The number of hydrogen-bond donors (Lipinski definition) is 1. The summed E-state index contributed by atoms with van der Waals surface area (Å²) in [6.07, 6.45) is 3.40. The fraction of sp³-hybridized carbons (Fsp3) is 0.450. The number of carboxylic acid groups (broad SMARTS) is 1. The van der Waals surface area contributed by atoms with Gasteiger partial charge in [-0.05, 0) is 42.9 Å². The number of aromatic nitrogens is 3. The lowest BCUT2D eigenvalue weighted by atomic mass is 9.77. The zero-order valence-corrected chi connectivity index (χ0v) is 16.6. The highest BCUT2D eigenvalue weighted by Gasteiger charge is 2.42. The molecule has 0 radical (unpaired) electrons. The molecule has 0 atom stereocenters. The molecule has 0 aromatic carbocycles. The zero-order valence-electron chi connectivity index (χ0n) is 16.6. The van der Waals surface area contributed by atoms with Crippen molar-refractivity contribution in [1.29, 1.82) is 0 Å². The molecule has 0 saturated carbocycles. The van der Waals surface area contributed by atoms with Gasteiger partial charge in [-0.1, -0.05) is 6.07 Å². The third-order valence-corrected chi connectivity index (χ3v) is 5.51. The van der Waals surface area contributed by atoms with Crippen LogP contribution in [0.1, 0.15) is 29.8 Å². The van der Waals surface area contributed by atoms with Gasteiger partial charge in [0.05, 0.1) is 0 Å². The number of halogens is 3. The van der Waals surface area contributed by atoms with Gasteiger partial charge < -0.3 is 14.9 Å². The molecule has 11 heteroatoms. The molecule has 0 bridgehead atoms. The minimum Gasteiger partial charge on any atom is -0.475 e. The molecule has 4 heterocycles. The molecule has 1 spiro atoms. The predicted octanol–water partition coefficient (Wildman–Crippen LogP) is 2.64. The van der Waals surface area contributed by atoms with E-state index in [-0.39, 0.29) is 5.91 Å². The van der Waals surface area contributed by atoms with E-state index < -0.39 is 12.1 Å². The Morgan fingerprint density at radius 1 is 0.935 bits per heavy atom. The summed E-state index contributed by atoms with van der Waals surface area (Å²) >= 11 is 0. The van der Waals surface area contributed by atoms with Gasteiger partial charge in [-0.3, -0.25) is 9.78 Å². The number of rotatable bonds is 2. The number of aliphatic carboxylic acids is 1. The van der Waals surface area contributed by atoms with E-state index >= 15 is 0 Å². The van der Waals surface area contributed by atoms with Crippen LogP contribution in [0.4, 0.5) is 19.1 Å². The van der Waals surface area contributed by atoms with Crippen molar-refractivity contribution < 1.29 is 27.9 Å². The van der Waals surface area contributed by atoms with Crippen molar-refractivity contribution in [2.45, 2.75) is 25.4 Å². The Bertz CT molecular complexity index is 888. The molecule has 2 aliphatic heterocycles. The fourth-order valence-corrected chi connectivity index (χ4v) is 3.80. The zero-order chi connectivity index (χ0) is 22.5. The molecule has 2 fully saturated rings. The summed E-state index contributed by atoms with van der Waals surface area (Å²) in [7, 11) is 0. The van der Waals surface area contributed by atoms with E-state index in [1.165, 1.54) is 0 Å². The quantitative estimate of drug-likeness (QED) is 0.771. The van der Waals surface area contributed by atoms with Crippen molar-refractivity contribution >= 4 is 17.8 Å². The molecule has 31 heavy (non-hydrogen) atoms. The molecule has 2 saturated heterocycles. The highest BCUT2D eigenvalue weighted by molar-refractivity contribution is 5.92. The van der Waals surface area contributed by atoms with E-state index in [1.807, 2.05) is 23.1 Å². The number of amides is 1. The van der Waals surface area contributed by atoms with Crippen LogP contribution in [0.25, 0.3) is 0 Å². The molecule has 2 aromatic heterocycles. The molecule has 1 amide bonds. The van der Waals surface area contributed by atoms with Crippen LogP contribution in [0.5, 0.6) is 0 Å². The van der Waals surface area contributed by atoms with Crippen molar-refractivity contribution in [2.24, 2.45) is 5.41 Å². The topological polar surface area (TPSA) is 99.5 Å². The second-order valence-corrected chi connectivity index (χ2v) is 7.53. The minimum atomic E-state index is -5.08. The summed E-state index contributed by atoms with van der Waals surface area (Å²) in [5.41, 5.74) is 0.833. The molecule has 8 nitrogen and oxygen atoms in total. The van der Waals surface area contributed by atoms with Gasteiger partial charge in [-0.25, -0.2) is 14.8 Å². The molecule has 1 N–H and O–H groups in total. The summed E-state index contributed by atoms with van der Waals surface area (Å²) in [6, 6.07) is 7.33. The lowest BCUT2D eigenvalue weighted by Crippen LogP contribution is -2.44. The van der Waals surface area contributed by atoms with Crippen LogP contribution in [0, 0.1) is 5.41 Å². The molecule has 2 aliphatic rings. The predicted molar refractivity (Wildman–Crippen MR) is 104 cm³/mol. The first-order valence-corrected chi connectivity index (χ1v) is 9.73. The third kappa shape index (κ3) is 5.68. The average Bonchev–Trinajstić information content (AvgIpc) is 3.18. The summed E-state index contributed by atoms with van der Waals surface area (Å²) in [4.78, 5) is 38.5. The Morgan fingerprint density at radius 3 is 2.06 bits per heavy atom. The van der Waals surface area contributed by atoms with Gasteiger partial charge in [-0.2, -0.15) is 13.2 Å². The number of anilines is 1. The van der Waals surface area contributed by atoms with Crippen LogP contribution >= 0.6 is 0 Å². The lowest BCUT2D eigenvalue weighted by Gasteiger charge is -2.39. The van der Waals surface area contributed by atoms with Crippen LogP contribution in [-0.4, -0.2) is 69.2 Å². The summed E-state index contributed by atoms with van der Waals surface area (Å²) in [5, 5.41) is 7.12. The van der Waals surface area contributed by atoms with E-state index in [4.69, 9.17) is 9.90 Å². The van der Waals surface area contributed by atoms with Crippen LogP contribution in [0.3, 0.4) is 0 Å². The largest absolute Gasteiger partial charge is 0.490 e. The van der Waals surface area contributed by atoms with Crippen LogP contribution in [-0.2, 0) is 4.79 Å². The number of carboxylic acids is 1. The maximum atomic E-state index is 12.5. The monoisotopic (exact) mass is 437 g/mol. The van der Waals surface area contributed by atoms with Crippen LogP contribution in [0.15, 0.2) is 42.9 Å². The fourth-order valence-electron chi connectivity index (χ4n) is 3.80. The molecule has 166 valence electrons. The van der Waals surface area contributed by atoms with E-state index in [9.17, 15) is 18.0 Å². The van der Waals surface area contributed by atoms with Gasteiger partial charge >= 0.3 is 12.1 Å². The van der Waals surface area contributed by atoms with Gasteiger partial charge in [0, 0.05) is 44.8 Å². The molecule has 2 aromatic rings. The Morgan fingerprint density at radius 2 is 1.52 bits per heavy atom. The first kappa shape index (κ1) is 22.4. The summed E-state index contributed by atoms with van der Waals surface area (Å²) in [5.74, 6) is -1.89. The highest BCUT2D eigenvalue weighted by atomic mass is 19.4. The Hall–Kier alpha value is -3.24. The number of carbonyl (C=O) groups excluding carboxylic acids is 1. The second-order valence-electron chi connectivity index (χ2n) is 7.53. The molecular weight excluding hydrogens is 415 g/mol. The maximum absolute atomic E-state index is 12.5. The van der Waals surface area contributed by atoms with E-state index in [0.717, 1.165) is 51.4 Å². The van der Waals surface area contributed by atoms with E-state index in [2.05, 4.69) is 19.9 Å². The highest BCUT2D eigenvalue weighted by Crippen LogP contribution is 2.41.